The fraction of sp³-hybridized carbons (Fsp3) is 0.286. The summed E-state index contributed by atoms with van der Waals surface area (Å²) in [6.45, 7) is 3.71. The summed E-state index contributed by atoms with van der Waals surface area (Å²) in [7, 11) is 0. The Morgan fingerprint density at radius 2 is 2.00 bits per heavy atom. The zero-order valence-corrected chi connectivity index (χ0v) is 10.2. The number of Topliss-reactive ketones (excluding diaryl/α,β-unsaturated/α-hetero) is 1. The Morgan fingerprint density at radius 1 is 1.29 bits per heavy atom. The molecule has 0 spiro atoms. The summed E-state index contributed by atoms with van der Waals surface area (Å²) in [6, 6.07) is 7.62. The number of ketones is 1. The van der Waals surface area contributed by atoms with Gasteiger partial charge in [0.1, 0.15) is 5.82 Å². The molecule has 0 aliphatic heterocycles. The molecule has 0 aliphatic carbocycles. The third-order valence-electron chi connectivity index (χ3n) is 2.74. The number of hydrogen-bond acceptors (Lipinski definition) is 2. The van der Waals surface area contributed by atoms with Crippen molar-refractivity contribution < 1.29 is 4.79 Å². The minimum Gasteiger partial charge on any atom is -0.304 e. The second-order valence-corrected chi connectivity index (χ2v) is 4.07. The minimum atomic E-state index is 0.0935. The third-order valence-corrected chi connectivity index (χ3v) is 2.74. The summed E-state index contributed by atoms with van der Waals surface area (Å²) < 4.78 is 2.06. The van der Waals surface area contributed by atoms with Gasteiger partial charge in [0.15, 0.2) is 5.78 Å². The molecular weight excluding hydrogens is 212 g/mol. The quantitative estimate of drug-likeness (QED) is 0.754. The topological polar surface area (TPSA) is 34.9 Å². The molecule has 2 rings (SSSR count). The van der Waals surface area contributed by atoms with Gasteiger partial charge in [0.25, 0.3) is 0 Å². The molecule has 0 saturated carbocycles. The second kappa shape index (κ2) is 4.95. The van der Waals surface area contributed by atoms with Crippen molar-refractivity contribution in [3.05, 3.63) is 48.0 Å². The predicted octanol–water partition coefficient (Wildman–Crippen LogP) is 3.03. The number of carbonyl (C=O) groups excluding carboxylic acids is 1. The molecular formula is C14H16N2O. The van der Waals surface area contributed by atoms with Crippen molar-refractivity contribution in [3.63, 3.8) is 0 Å². The molecule has 0 saturated heterocycles. The molecule has 88 valence electrons. The zero-order valence-electron chi connectivity index (χ0n) is 10.2. The summed E-state index contributed by atoms with van der Waals surface area (Å²) in [4.78, 5) is 15.5. The highest BCUT2D eigenvalue weighted by Crippen LogP contribution is 2.13. The summed E-state index contributed by atoms with van der Waals surface area (Å²) in [5, 5.41) is 0. The van der Waals surface area contributed by atoms with Gasteiger partial charge in [-0.2, -0.15) is 0 Å². The molecule has 1 heterocycles. The van der Waals surface area contributed by atoms with E-state index in [4.69, 9.17) is 0 Å². The number of nitrogens with zero attached hydrogens (tertiary/aromatic N) is 2. The number of rotatable bonds is 4. The molecule has 3 nitrogen and oxygen atoms in total. The van der Waals surface area contributed by atoms with Crippen LogP contribution in [0.15, 0.2) is 36.7 Å². The van der Waals surface area contributed by atoms with Gasteiger partial charge in [-0.05, 0) is 37.6 Å². The van der Waals surface area contributed by atoms with Crippen molar-refractivity contribution >= 4 is 5.78 Å². The van der Waals surface area contributed by atoms with Crippen LogP contribution in [0.2, 0.25) is 0 Å². The highest BCUT2D eigenvalue weighted by Gasteiger charge is 2.04. The second-order valence-electron chi connectivity index (χ2n) is 4.07. The van der Waals surface area contributed by atoms with E-state index < -0.39 is 0 Å². The lowest BCUT2D eigenvalue weighted by atomic mass is 10.1. The lowest BCUT2D eigenvalue weighted by molar-refractivity contribution is 0.101. The molecule has 1 aromatic heterocycles. The van der Waals surface area contributed by atoms with E-state index in [1.165, 1.54) is 0 Å². The standard InChI is InChI=1S/C14H16N2O/c1-3-4-14-15-9-10-16(14)13-7-5-12(6-8-13)11(2)17/h5-10H,3-4H2,1-2H3. The molecule has 0 amide bonds. The van der Waals surface area contributed by atoms with Crippen molar-refractivity contribution in [2.45, 2.75) is 26.7 Å². The van der Waals surface area contributed by atoms with Crippen molar-refractivity contribution in [1.29, 1.82) is 0 Å². The molecule has 0 N–H and O–H groups in total. The van der Waals surface area contributed by atoms with Crippen LogP contribution in [0, 0.1) is 0 Å². The zero-order chi connectivity index (χ0) is 12.3. The smallest absolute Gasteiger partial charge is 0.159 e. The lowest BCUT2D eigenvalue weighted by Gasteiger charge is -2.07. The first-order valence-corrected chi connectivity index (χ1v) is 5.86. The van der Waals surface area contributed by atoms with Gasteiger partial charge in [0.05, 0.1) is 0 Å². The Kier molecular flexibility index (Phi) is 3.38. The molecule has 0 bridgehead atoms. The van der Waals surface area contributed by atoms with E-state index >= 15 is 0 Å². The van der Waals surface area contributed by atoms with E-state index in [0.29, 0.717) is 0 Å². The molecule has 3 heteroatoms. The number of imidazole rings is 1. The fourth-order valence-electron chi connectivity index (χ4n) is 1.83. The van der Waals surface area contributed by atoms with Crippen molar-refractivity contribution in [2.75, 3.05) is 0 Å². The maximum absolute atomic E-state index is 11.2. The number of hydrogen-bond donors (Lipinski definition) is 0. The molecule has 0 fully saturated rings. The number of benzene rings is 1. The maximum Gasteiger partial charge on any atom is 0.159 e. The summed E-state index contributed by atoms with van der Waals surface area (Å²) in [6.07, 6.45) is 5.79. The normalized spacial score (nSPS) is 10.5. The van der Waals surface area contributed by atoms with Crippen LogP contribution >= 0.6 is 0 Å². The number of aromatic nitrogens is 2. The Morgan fingerprint density at radius 3 is 2.59 bits per heavy atom. The first-order valence-electron chi connectivity index (χ1n) is 5.86. The van der Waals surface area contributed by atoms with Crippen LogP contribution in [0.25, 0.3) is 5.69 Å². The molecule has 0 unspecified atom stereocenters. The van der Waals surface area contributed by atoms with Gasteiger partial charge < -0.3 is 4.57 Å². The van der Waals surface area contributed by atoms with Gasteiger partial charge in [-0.25, -0.2) is 4.98 Å². The molecule has 2 aromatic rings. The number of carbonyl (C=O) groups is 1. The van der Waals surface area contributed by atoms with Crippen LogP contribution in [0.5, 0.6) is 0 Å². The Bertz CT molecular complexity index is 511. The molecule has 1 aromatic carbocycles. The van der Waals surface area contributed by atoms with Gasteiger partial charge in [0, 0.05) is 30.1 Å². The van der Waals surface area contributed by atoms with E-state index in [1.807, 2.05) is 36.7 Å². The Labute approximate surface area is 101 Å². The Balaban J connectivity index is 2.33. The average Bonchev–Trinajstić information content (AvgIpc) is 2.78. The molecule has 0 radical (unpaired) electrons. The van der Waals surface area contributed by atoms with Gasteiger partial charge in [-0.15, -0.1) is 0 Å². The van der Waals surface area contributed by atoms with Crippen molar-refractivity contribution in [3.8, 4) is 5.69 Å². The first-order chi connectivity index (χ1) is 8.22. The summed E-state index contributed by atoms with van der Waals surface area (Å²) in [5.41, 5.74) is 1.79. The van der Waals surface area contributed by atoms with E-state index in [9.17, 15) is 4.79 Å². The first kappa shape index (κ1) is 11.6. The van der Waals surface area contributed by atoms with E-state index in [0.717, 1.165) is 29.9 Å². The monoisotopic (exact) mass is 228 g/mol. The van der Waals surface area contributed by atoms with Gasteiger partial charge in [-0.1, -0.05) is 6.92 Å². The van der Waals surface area contributed by atoms with Crippen LogP contribution in [0.1, 0.15) is 36.5 Å². The van der Waals surface area contributed by atoms with Crippen molar-refractivity contribution in [2.24, 2.45) is 0 Å². The highest BCUT2D eigenvalue weighted by molar-refractivity contribution is 5.94. The fourth-order valence-corrected chi connectivity index (χ4v) is 1.83. The van der Waals surface area contributed by atoms with Gasteiger partial charge in [0.2, 0.25) is 0 Å². The maximum atomic E-state index is 11.2. The predicted molar refractivity (Wildman–Crippen MR) is 67.6 cm³/mol. The Hall–Kier alpha value is -1.90. The average molecular weight is 228 g/mol. The van der Waals surface area contributed by atoms with Crippen LogP contribution in [0.4, 0.5) is 0 Å². The third kappa shape index (κ3) is 2.44. The van der Waals surface area contributed by atoms with E-state index in [2.05, 4.69) is 16.5 Å². The van der Waals surface area contributed by atoms with Crippen molar-refractivity contribution in [1.82, 2.24) is 9.55 Å². The van der Waals surface area contributed by atoms with E-state index in [1.54, 1.807) is 6.92 Å². The van der Waals surface area contributed by atoms with E-state index in [-0.39, 0.29) is 5.78 Å². The van der Waals surface area contributed by atoms with Crippen LogP contribution < -0.4 is 0 Å². The minimum absolute atomic E-state index is 0.0935. The van der Waals surface area contributed by atoms with Crippen LogP contribution in [-0.2, 0) is 6.42 Å². The van der Waals surface area contributed by atoms with Gasteiger partial charge in [-0.3, -0.25) is 4.79 Å². The summed E-state index contributed by atoms with van der Waals surface area (Å²) in [5.74, 6) is 1.15. The van der Waals surface area contributed by atoms with Crippen LogP contribution in [0.3, 0.4) is 0 Å². The molecule has 0 aliphatic rings. The highest BCUT2D eigenvalue weighted by atomic mass is 16.1. The molecule has 0 atom stereocenters. The largest absolute Gasteiger partial charge is 0.304 e. The lowest BCUT2D eigenvalue weighted by Crippen LogP contribution is -2.01. The number of aryl methyl sites for hydroxylation is 1. The molecule has 17 heavy (non-hydrogen) atoms. The summed E-state index contributed by atoms with van der Waals surface area (Å²) >= 11 is 0. The van der Waals surface area contributed by atoms with Crippen LogP contribution in [-0.4, -0.2) is 15.3 Å². The van der Waals surface area contributed by atoms with Gasteiger partial charge >= 0.3 is 0 Å². The SMILES string of the molecule is CCCc1nccn1-c1ccc(C(C)=O)cc1.